The van der Waals surface area contributed by atoms with E-state index >= 15 is 0 Å². The largest absolute Gasteiger partial charge is 0.395 e. The standard InChI is InChI=1S/C14H17N3O2/c15-7-1-3-11-4-2-8-16-13(11)14(19)17(9-10-18)12-5-6-12/h2,4,8,12,18H,5-7,9-10,15H2. The third-order valence-corrected chi connectivity index (χ3v) is 2.92. The zero-order valence-electron chi connectivity index (χ0n) is 10.7. The molecular weight excluding hydrogens is 242 g/mol. The van der Waals surface area contributed by atoms with E-state index < -0.39 is 0 Å². The summed E-state index contributed by atoms with van der Waals surface area (Å²) in [6, 6.07) is 3.73. The van der Waals surface area contributed by atoms with Crippen molar-refractivity contribution in [3.05, 3.63) is 29.6 Å². The number of rotatable bonds is 4. The summed E-state index contributed by atoms with van der Waals surface area (Å²) in [6.45, 7) is 0.536. The molecule has 1 aromatic rings. The van der Waals surface area contributed by atoms with Crippen molar-refractivity contribution in [2.24, 2.45) is 5.73 Å². The molecule has 5 heteroatoms. The van der Waals surface area contributed by atoms with Crippen LogP contribution in [0.15, 0.2) is 18.3 Å². The van der Waals surface area contributed by atoms with Gasteiger partial charge in [-0.2, -0.15) is 0 Å². The van der Waals surface area contributed by atoms with Gasteiger partial charge < -0.3 is 15.7 Å². The van der Waals surface area contributed by atoms with Gasteiger partial charge in [-0.1, -0.05) is 11.8 Å². The normalized spacial score (nSPS) is 13.6. The Balaban J connectivity index is 2.26. The van der Waals surface area contributed by atoms with Crippen LogP contribution in [0, 0.1) is 11.8 Å². The third-order valence-electron chi connectivity index (χ3n) is 2.92. The first kappa shape index (κ1) is 13.5. The van der Waals surface area contributed by atoms with Gasteiger partial charge in [0.15, 0.2) is 0 Å². The van der Waals surface area contributed by atoms with Crippen molar-refractivity contribution in [2.45, 2.75) is 18.9 Å². The number of hydrogen-bond donors (Lipinski definition) is 2. The zero-order chi connectivity index (χ0) is 13.7. The van der Waals surface area contributed by atoms with E-state index in [0.717, 1.165) is 12.8 Å². The van der Waals surface area contributed by atoms with Crippen LogP contribution in [-0.4, -0.2) is 46.6 Å². The lowest BCUT2D eigenvalue weighted by atomic mass is 10.1. The van der Waals surface area contributed by atoms with Gasteiger partial charge in [0, 0.05) is 18.8 Å². The van der Waals surface area contributed by atoms with E-state index in [1.165, 1.54) is 0 Å². The zero-order valence-corrected chi connectivity index (χ0v) is 10.7. The van der Waals surface area contributed by atoms with Gasteiger partial charge in [0.05, 0.1) is 18.7 Å². The number of hydrogen-bond acceptors (Lipinski definition) is 4. The summed E-state index contributed by atoms with van der Waals surface area (Å²) in [7, 11) is 0. The molecule has 100 valence electrons. The Morgan fingerprint density at radius 3 is 3.00 bits per heavy atom. The van der Waals surface area contributed by atoms with Crippen LogP contribution < -0.4 is 5.73 Å². The summed E-state index contributed by atoms with van der Waals surface area (Å²) in [6.07, 6.45) is 3.55. The number of carbonyl (C=O) groups is 1. The first-order valence-corrected chi connectivity index (χ1v) is 6.33. The molecule has 2 rings (SSSR count). The molecule has 1 aromatic heterocycles. The number of aromatic nitrogens is 1. The molecule has 0 aliphatic heterocycles. The fraction of sp³-hybridized carbons (Fsp3) is 0.429. The van der Waals surface area contributed by atoms with Crippen LogP contribution in [0.3, 0.4) is 0 Å². The molecule has 0 unspecified atom stereocenters. The molecule has 0 bridgehead atoms. The molecule has 1 heterocycles. The predicted octanol–water partition coefficient (Wildman–Crippen LogP) is -0.0113. The van der Waals surface area contributed by atoms with Crippen molar-refractivity contribution >= 4 is 5.91 Å². The van der Waals surface area contributed by atoms with E-state index in [1.54, 1.807) is 23.2 Å². The van der Waals surface area contributed by atoms with Crippen molar-refractivity contribution in [3.8, 4) is 11.8 Å². The van der Waals surface area contributed by atoms with Crippen molar-refractivity contribution < 1.29 is 9.90 Å². The lowest BCUT2D eigenvalue weighted by Crippen LogP contribution is -2.36. The minimum atomic E-state index is -0.168. The maximum absolute atomic E-state index is 12.5. The summed E-state index contributed by atoms with van der Waals surface area (Å²) in [5.74, 6) is 5.43. The van der Waals surface area contributed by atoms with Crippen molar-refractivity contribution in [2.75, 3.05) is 19.7 Å². The van der Waals surface area contributed by atoms with E-state index in [2.05, 4.69) is 16.8 Å². The van der Waals surface area contributed by atoms with Crippen LogP contribution in [0.4, 0.5) is 0 Å². The van der Waals surface area contributed by atoms with Crippen LogP contribution in [0.5, 0.6) is 0 Å². The van der Waals surface area contributed by atoms with Gasteiger partial charge >= 0.3 is 0 Å². The summed E-state index contributed by atoms with van der Waals surface area (Å²) in [5, 5.41) is 9.06. The second-order valence-electron chi connectivity index (χ2n) is 4.36. The first-order valence-electron chi connectivity index (χ1n) is 6.33. The summed E-state index contributed by atoms with van der Waals surface area (Å²) in [4.78, 5) is 18.3. The molecule has 0 aromatic carbocycles. The quantitative estimate of drug-likeness (QED) is 0.745. The molecular formula is C14H17N3O2. The van der Waals surface area contributed by atoms with Gasteiger partial charge in [-0.05, 0) is 25.0 Å². The lowest BCUT2D eigenvalue weighted by molar-refractivity contribution is 0.0701. The average molecular weight is 259 g/mol. The average Bonchev–Trinajstić information content (AvgIpc) is 3.26. The number of nitrogens with two attached hydrogens (primary N) is 1. The van der Waals surface area contributed by atoms with Crippen molar-refractivity contribution in [3.63, 3.8) is 0 Å². The Hall–Kier alpha value is -1.90. The van der Waals surface area contributed by atoms with Crippen LogP contribution in [0.25, 0.3) is 0 Å². The maximum Gasteiger partial charge on any atom is 0.274 e. The van der Waals surface area contributed by atoms with Gasteiger partial charge in [0.25, 0.3) is 5.91 Å². The Labute approximate surface area is 112 Å². The number of aliphatic hydroxyl groups excluding tert-OH is 1. The molecule has 1 saturated carbocycles. The minimum Gasteiger partial charge on any atom is -0.395 e. The third kappa shape index (κ3) is 3.31. The molecule has 0 atom stereocenters. The van der Waals surface area contributed by atoms with Gasteiger partial charge in [0.1, 0.15) is 5.69 Å². The molecule has 1 aliphatic rings. The summed E-state index contributed by atoms with van der Waals surface area (Å²) in [5.41, 5.74) is 6.27. The Kier molecular flexibility index (Phi) is 4.50. The fourth-order valence-corrected chi connectivity index (χ4v) is 1.90. The topological polar surface area (TPSA) is 79.5 Å². The molecule has 3 N–H and O–H groups in total. The molecule has 0 radical (unpaired) electrons. The monoisotopic (exact) mass is 259 g/mol. The van der Waals surface area contributed by atoms with Gasteiger partial charge in [-0.3, -0.25) is 4.79 Å². The molecule has 0 saturated heterocycles. The van der Waals surface area contributed by atoms with E-state index in [4.69, 9.17) is 10.8 Å². The summed E-state index contributed by atoms with van der Waals surface area (Å²) >= 11 is 0. The van der Waals surface area contributed by atoms with Crippen LogP contribution in [0.2, 0.25) is 0 Å². The lowest BCUT2D eigenvalue weighted by Gasteiger charge is -2.21. The van der Waals surface area contributed by atoms with E-state index in [0.29, 0.717) is 17.8 Å². The van der Waals surface area contributed by atoms with E-state index in [1.807, 2.05) is 0 Å². The van der Waals surface area contributed by atoms with Crippen molar-refractivity contribution in [1.29, 1.82) is 0 Å². The van der Waals surface area contributed by atoms with Crippen LogP contribution in [0.1, 0.15) is 28.9 Å². The van der Waals surface area contributed by atoms with Crippen LogP contribution >= 0.6 is 0 Å². The second kappa shape index (κ2) is 6.32. The minimum absolute atomic E-state index is 0.0428. The molecule has 19 heavy (non-hydrogen) atoms. The van der Waals surface area contributed by atoms with Crippen LogP contribution in [-0.2, 0) is 0 Å². The first-order chi connectivity index (χ1) is 9.27. The highest BCUT2D eigenvalue weighted by Gasteiger charge is 2.33. The number of pyridine rings is 1. The van der Waals surface area contributed by atoms with E-state index in [-0.39, 0.29) is 25.1 Å². The Morgan fingerprint density at radius 2 is 2.37 bits per heavy atom. The van der Waals surface area contributed by atoms with Gasteiger partial charge in [-0.25, -0.2) is 4.98 Å². The summed E-state index contributed by atoms with van der Waals surface area (Å²) < 4.78 is 0. The highest BCUT2D eigenvalue weighted by atomic mass is 16.3. The van der Waals surface area contributed by atoms with E-state index in [9.17, 15) is 4.79 Å². The highest BCUT2D eigenvalue weighted by Crippen LogP contribution is 2.28. The maximum atomic E-state index is 12.5. The molecule has 1 amide bonds. The Bertz CT molecular complexity index is 515. The van der Waals surface area contributed by atoms with Gasteiger partial charge in [-0.15, -0.1) is 0 Å². The Morgan fingerprint density at radius 1 is 1.58 bits per heavy atom. The van der Waals surface area contributed by atoms with Crippen molar-refractivity contribution in [1.82, 2.24) is 9.88 Å². The smallest absolute Gasteiger partial charge is 0.274 e. The molecule has 1 fully saturated rings. The number of carbonyl (C=O) groups excluding carboxylic acids is 1. The molecule has 1 aliphatic carbocycles. The molecule has 5 nitrogen and oxygen atoms in total. The molecule has 0 spiro atoms. The fourth-order valence-electron chi connectivity index (χ4n) is 1.90. The number of nitrogens with zero attached hydrogens (tertiary/aromatic N) is 2. The number of aliphatic hydroxyl groups is 1. The SMILES string of the molecule is NCC#Cc1cccnc1C(=O)N(CCO)C1CC1. The number of amides is 1. The second-order valence-corrected chi connectivity index (χ2v) is 4.36. The predicted molar refractivity (Wildman–Crippen MR) is 71.3 cm³/mol. The van der Waals surface area contributed by atoms with Gasteiger partial charge in [0.2, 0.25) is 0 Å². The highest BCUT2D eigenvalue weighted by molar-refractivity contribution is 5.95.